The molecule has 6 nitrogen and oxygen atoms in total. The van der Waals surface area contributed by atoms with E-state index in [-0.39, 0.29) is 17.4 Å². The Kier molecular flexibility index (Phi) is 4.76. The molecule has 1 aliphatic rings. The molecule has 0 saturated carbocycles. The van der Waals surface area contributed by atoms with Crippen molar-refractivity contribution in [2.24, 2.45) is 0 Å². The lowest BCUT2D eigenvalue weighted by molar-refractivity contribution is 0.0701. The van der Waals surface area contributed by atoms with E-state index in [4.69, 9.17) is 11.6 Å². The third-order valence-electron chi connectivity index (χ3n) is 4.43. The van der Waals surface area contributed by atoms with Crippen LogP contribution < -0.4 is 5.56 Å². The Hall–Kier alpha value is -2.08. The summed E-state index contributed by atoms with van der Waals surface area (Å²) in [5.74, 6) is 0.909. The molecule has 1 amide bonds. The predicted molar refractivity (Wildman–Crippen MR) is 92.6 cm³/mol. The Morgan fingerprint density at radius 1 is 1.46 bits per heavy atom. The summed E-state index contributed by atoms with van der Waals surface area (Å²) in [7, 11) is 0. The zero-order valence-corrected chi connectivity index (χ0v) is 14.6. The minimum absolute atomic E-state index is 0.0929. The van der Waals surface area contributed by atoms with Crippen LogP contribution in [-0.4, -0.2) is 38.4 Å². The van der Waals surface area contributed by atoms with Gasteiger partial charge >= 0.3 is 0 Å². The van der Waals surface area contributed by atoms with Crippen LogP contribution in [0.5, 0.6) is 0 Å². The fourth-order valence-corrected chi connectivity index (χ4v) is 3.40. The number of nitrogens with one attached hydrogen (secondary N) is 1. The SMILES string of the molecule is CC(C)n1ccnc1C1CCCN(C(=O)c2cc(Cl)c[nH]c2=O)C1. The molecule has 1 atom stereocenters. The van der Waals surface area contributed by atoms with Gasteiger partial charge in [0.1, 0.15) is 11.4 Å². The molecule has 1 unspecified atom stereocenters. The molecule has 2 aromatic rings. The van der Waals surface area contributed by atoms with Crippen LogP contribution in [0.25, 0.3) is 0 Å². The Morgan fingerprint density at radius 3 is 3.00 bits per heavy atom. The summed E-state index contributed by atoms with van der Waals surface area (Å²) in [6.45, 7) is 5.43. The van der Waals surface area contributed by atoms with Gasteiger partial charge in [-0.1, -0.05) is 11.6 Å². The molecule has 1 N–H and O–H groups in total. The smallest absolute Gasteiger partial charge is 0.260 e. The number of hydrogen-bond acceptors (Lipinski definition) is 3. The zero-order valence-electron chi connectivity index (χ0n) is 13.8. The quantitative estimate of drug-likeness (QED) is 0.927. The third kappa shape index (κ3) is 3.24. The van der Waals surface area contributed by atoms with E-state index in [2.05, 4.69) is 28.4 Å². The second-order valence-corrected chi connectivity index (χ2v) is 6.87. The number of aromatic amines is 1. The topological polar surface area (TPSA) is 71.0 Å². The van der Waals surface area contributed by atoms with Crippen LogP contribution >= 0.6 is 11.6 Å². The van der Waals surface area contributed by atoms with Gasteiger partial charge < -0.3 is 14.5 Å². The number of pyridine rings is 1. The number of nitrogens with zero attached hydrogens (tertiary/aromatic N) is 3. The highest BCUT2D eigenvalue weighted by Crippen LogP contribution is 2.28. The van der Waals surface area contributed by atoms with Gasteiger partial charge in [-0.25, -0.2) is 4.98 Å². The molecule has 0 aliphatic carbocycles. The molecular weight excluding hydrogens is 328 g/mol. The van der Waals surface area contributed by atoms with Gasteiger partial charge in [0.25, 0.3) is 11.5 Å². The monoisotopic (exact) mass is 348 g/mol. The van der Waals surface area contributed by atoms with E-state index in [0.717, 1.165) is 18.7 Å². The Bertz CT molecular complexity index is 796. The van der Waals surface area contributed by atoms with E-state index in [0.29, 0.717) is 24.2 Å². The number of halogens is 1. The van der Waals surface area contributed by atoms with E-state index >= 15 is 0 Å². The molecule has 128 valence electrons. The minimum atomic E-state index is -0.407. The Labute approximate surface area is 145 Å². The van der Waals surface area contributed by atoms with Gasteiger partial charge in [-0.05, 0) is 32.8 Å². The second kappa shape index (κ2) is 6.81. The van der Waals surface area contributed by atoms with Crippen molar-refractivity contribution in [1.82, 2.24) is 19.4 Å². The highest BCUT2D eigenvalue weighted by molar-refractivity contribution is 6.30. The number of rotatable bonds is 3. The van der Waals surface area contributed by atoms with Gasteiger partial charge in [0.15, 0.2) is 0 Å². The van der Waals surface area contributed by atoms with Crippen molar-refractivity contribution >= 4 is 17.5 Å². The van der Waals surface area contributed by atoms with Gasteiger partial charge in [-0.3, -0.25) is 9.59 Å². The number of likely N-dealkylation sites (tertiary alicyclic amines) is 1. The summed E-state index contributed by atoms with van der Waals surface area (Å²) in [6, 6.07) is 1.76. The average molecular weight is 349 g/mol. The van der Waals surface area contributed by atoms with E-state index in [1.165, 1.54) is 12.3 Å². The number of piperidine rings is 1. The summed E-state index contributed by atoms with van der Waals surface area (Å²) in [4.78, 5) is 33.4. The molecule has 1 saturated heterocycles. The maximum absolute atomic E-state index is 12.7. The van der Waals surface area contributed by atoms with E-state index < -0.39 is 5.56 Å². The minimum Gasteiger partial charge on any atom is -0.338 e. The first-order valence-electron chi connectivity index (χ1n) is 8.17. The summed E-state index contributed by atoms with van der Waals surface area (Å²) in [5.41, 5.74) is -0.314. The lowest BCUT2D eigenvalue weighted by Crippen LogP contribution is -2.41. The fraction of sp³-hybridized carbons (Fsp3) is 0.471. The molecule has 1 fully saturated rings. The van der Waals surface area contributed by atoms with Crippen molar-refractivity contribution in [1.29, 1.82) is 0 Å². The van der Waals surface area contributed by atoms with Crippen molar-refractivity contribution in [2.75, 3.05) is 13.1 Å². The van der Waals surface area contributed by atoms with Gasteiger partial charge in [0, 0.05) is 43.6 Å². The van der Waals surface area contributed by atoms with E-state index in [1.54, 1.807) is 11.1 Å². The fourth-order valence-electron chi connectivity index (χ4n) is 3.24. The highest BCUT2D eigenvalue weighted by atomic mass is 35.5. The van der Waals surface area contributed by atoms with Crippen molar-refractivity contribution in [3.8, 4) is 0 Å². The first-order chi connectivity index (χ1) is 11.5. The average Bonchev–Trinajstić information content (AvgIpc) is 3.06. The van der Waals surface area contributed by atoms with Crippen molar-refractivity contribution in [2.45, 2.75) is 38.6 Å². The van der Waals surface area contributed by atoms with Gasteiger partial charge in [0.2, 0.25) is 0 Å². The zero-order chi connectivity index (χ0) is 17.3. The van der Waals surface area contributed by atoms with E-state index in [1.807, 2.05) is 6.20 Å². The molecule has 0 spiro atoms. The first kappa shape index (κ1) is 16.8. The molecule has 3 rings (SSSR count). The van der Waals surface area contributed by atoms with Crippen LogP contribution in [0.4, 0.5) is 0 Å². The normalized spacial score (nSPS) is 18.2. The van der Waals surface area contributed by atoms with Crippen LogP contribution in [0.3, 0.4) is 0 Å². The van der Waals surface area contributed by atoms with Crippen molar-refractivity contribution < 1.29 is 4.79 Å². The number of imidazole rings is 1. The molecule has 3 heterocycles. The van der Waals surface area contributed by atoms with Gasteiger partial charge in [0.05, 0.1) is 5.02 Å². The summed E-state index contributed by atoms with van der Waals surface area (Å²) >= 11 is 5.91. The number of amides is 1. The predicted octanol–water partition coefficient (Wildman–Crippen LogP) is 2.83. The van der Waals surface area contributed by atoms with Crippen LogP contribution in [0.15, 0.2) is 29.5 Å². The van der Waals surface area contributed by atoms with Crippen LogP contribution in [0.2, 0.25) is 5.02 Å². The first-order valence-corrected chi connectivity index (χ1v) is 8.55. The lowest BCUT2D eigenvalue weighted by atomic mass is 9.96. The highest BCUT2D eigenvalue weighted by Gasteiger charge is 2.29. The molecule has 2 aromatic heterocycles. The van der Waals surface area contributed by atoms with Gasteiger partial charge in [-0.15, -0.1) is 0 Å². The van der Waals surface area contributed by atoms with Crippen LogP contribution in [0.1, 0.15) is 54.8 Å². The molecule has 24 heavy (non-hydrogen) atoms. The Balaban J connectivity index is 1.83. The van der Waals surface area contributed by atoms with Crippen LogP contribution in [-0.2, 0) is 0 Å². The molecule has 0 aromatic carbocycles. The molecule has 0 radical (unpaired) electrons. The molecular formula is C17H21ClN4O2. The number of H-pyrrole nitrogens is 1. The summed E-state index contributed by atoms with van der Waals surface area (Å²) in [6.07, 6.45) is 7.04. The molecule has 0 bridgehead atoms. The maximum Gasteiger partial charge on any atom is 0.260 e. The lowest BCUT2D eigenvalue weighted by Gasteiger charge is -2.33. The third-order valence-corrected chi connectivity index (χ3v) is 4.65. The van der Waals surface area contributed by atoms with Crippen molar-refractivity contribution in [3.05, 3.63) is 51.4 Å². The largest absolute Gasteiger partial charge is 0.338 e. The maximum atomic E-state index is 12.7. The number of carbonyl (C=O) groups is 1. The standard InChI is InChI=1S/C17H21ClN4O2/c1-11(2)22-7-5-19-15(22)12-4-3-6-21(10-12)17(24)14-8-13(18)9-20-16(14)23/h5,7-9,11-12H,3-4,6,10H2,1-2H3,(H,20,23). The number of hydrogen-bond donors (Lipinski definition) is 1. The van der Waals surface area contributed by atoms with E-state index in [9.17, 15) is 9.59 Å². The van der Waals surface area contributed by atoms with Gasteiger partial charge in [-0.2, -0.15) is 0 Å². The molecule has 7 heteroatoms. The van der Waals surface area contributed by atoms with Crippen molar-refractivity contribution in [3.63, 3.8) is 0 Å². The second-order valence-electron chi connectivity index (χ2n) is 6.44. The Morgan fingerprint density at radius 2 is 2.25 bits per heavy atom. The van der Waals surface area contributed by atoms with Crippen LogP contribution in [0, 0.1) is 0 Å². The summed E-state index contributed by atoms with van der Waals surface area (Å²) in [5, 5.41) is 0.349. The number of aromatic nitrogens is 3. The molecule has 1 aliphatic heterocycles. The number of carbonyl (C=O) groups excluding carboxylic acids is 1. The summed E-state index contributed by atoms with van der Waals surface area (Å²) < 4.78 is 2.14.